The minimum atomic E-state index is -0.371. The average molecular weight is 416 g/mol. The number of benzene rings is 1. The van der Waals surface area contributed by atoms with Gasteiger partial charge >= 0.3 is 0 Å². The van der Waals surface area contributed by atoms with Crippen LogP contribution in [0, 0.1) is 23.1 Å². The molecular weight excluding hydrogens is 391 g/mol. The summed E-state index contributed by atoms with van der Waals surface area (Å²) in [5, 5.41) is 15.7. The molecule has 3 N–H and O–H groups in total. The number of nitrogens with zero attached hydrogens (tertiary/aromatic N) is 1. The van der Waals surface area contributed by atoms with Crippen LogP contribution in [0.3, 0.4) is 0 Å². The lowest BCUT2D eigenvalue weighted by Crippen LogP contribution is -3.11. The monoisotopic (exact) mass is 415 g/mol. The minimum absolute atomic E-state index is 0.0916. The van der Waals surface area contributed by atoms with Gasteiger partial charge in [-0.3, -0.25) is 9.59 Å². The molecule has 2 amide bonds. The van der Waals surface area contributed by atoms with Crippen molar-refractivity contribution in [3.05, 3.63) is 46.1 Å². The van der Waals surface area contributed by atoms with Crippen molar-refractivity contribution >= 4 is 33.8 Å². The second kappa shape index (κ2) is 9.16. The maximum absolute atomic E-state index is 12.9. The number of nitrogens with one attached hydrogen (secondary N) is 3. The molecule has 152 valence electrons. The van der Waals surface area contributed by atoms with E-state index in [0.717, 1.165) is 24.8 Å². The average Bonchev–Trinajstić information content (AvgIpc) is 2.98. The Morgan fingerprint density at radius 2 is 1.90 bits per heavy atom. The molecule has 8 heteroatoms. The van der Waals surface area contributed by atoms with Crippen LogP contribution >= 0.6 is 11.3 Å². The summed E-state index contributed by atoms with van der Waals surface area (Å²) in [5.74, 6) is -0.282. The molecular formula is C21H24FN4O2S+. The first-order valence-electron chi connectivity index (χ1n) is 9.57. The molecule has 2 atom stereocenters. The Bertz CT molecular complexity index is 949. The van der Waals surface area contributed by atoms with E-state index in [1.165, 1.54) is 40.5 Å². The molecule has 0 saturated heterocycles. The Hall–Kier alpha value is -2.76. The number of carbonyl (C=O) groups excluding carboxylic acids is 2. The van der Waals surface area contributed by atoms with Gasteiger partial charge in [0.15, 0.2) is 13.1 Å². The number of thiophene rings is 1. The van der Waals surface area contributed by atoms with Crippen LogP contribution in [0.5, 0.6) is 0 Å². The Morgan fingerprint density at radius 3 is 2.55 bits per heavy atom. The number of anilines is 2. The molecule has 1 aliphatic rings. The van der Waals surface area contributed by atoms with Crippen molar-refractivity contribution in [2.45, 2.75) is 26.2 Å². The van der Waals surface area contributed by atoms with Gasteiger partial charge in [-0.1, -0.05) is 6.92 Å². The van der Waals surface area contributed by atoms with Gasteiger partial charge in [-0.25, -0.2) is 4.39 Å². The largest absolute Gasteiger partial charge is 0.322 e. The van der Waals surface area contributed by atoms with Crippen LogP contribution in [-0.4, -0.2) is 32.0 Å². The first-order chi connectivity index (χ1) is 13.9. The van der Waals surface area contributed by atoms with Crippen molar-refractivity contribution < 1.29 is 18.9 Å². The van der Waals surface area contributed by atoms with Crippen molar-refractivity contribution in [1.82, 2.24) is 0 Å². The quantitative estimate of drug-likeness (QED) is 0.674. The Morgan fingerprint density at radius 1 is 1.24 bits per heavy atom. The standard InChI is InChI=1S/C21H23FN4O2S/c1-13-3-8-16-17(10-23)21(29-18(16)9-13)25-20(28)12-26(2)11-19(27)24-15-6-4-14(22)5-7-15/h4-7,13H,3,8-9,11-12H2,1-2H3,(H,24,27)(H,25,28)/p+1/t13-/m1/s1. The van der Waals surface area contributed by atoms with Crippen LogP contribution in [-0.2, 0) is 22.4 Å². The number of halogens is 1. The van der Waals surface area contributed by atoms with E-state index in [1.807, 2.05) is 0 Å². The van der Waals surface area contributed by atoms with E-state index in [2.05, 4.69) is 23.6 Å². The predicted octanol–water partition coefficient (Wildman–Crippen LogP) is 1.98. The van der Waals surface area contributed by atoms with Gasteiger partial charge in [0.05, 0.1) is 12.6 Å². The highest BCUT2D eigenvalue weighted by molar-refractivity contribution is 7.16. The fourth-order valence-corrected chi connectivity index (χ4v) is 4.85. The highest BCUT2D eigenvalue weighted by Crippen LogP contribution is 2.39. The molecule has 1 aromatic heterocycles. The summed E-state index contributed by atoms with van der Waals surface area (Å²) in [7, 11) is 1.75. The van der Waals surface area contributed by atoms with E-state index >= 15 is 0 Å². The summed E-state index contributed by atoms with van der Waals surface area (Å²) < 4.78 is 12.9. The number of quaternary nitrogens is 1. The summed E-state index contributed by atoms with van der Waals surface area (Å²) in [6.45, 7) is 2.39. The van der Waals surface area contributed by atoms with Crippen LogP contribution in [0.2, 0.25) is 0 Å². The van der Waals surface area contributed by atoms with Crippen LogP contribution in [0.15, 0.2) is 24.3 Å². The lowest BCUT2D eigenvalue weighted by molar-refractivity contribution is -0.862. The molecule has 0 bridgehead atoms. The van der Waals surface area contributed by atoms with Gasteiger partial charge in [0, 0.05) is 10.6 Å². The number of hydrogen-bond acceptors (Lipinski definition) is 4. The van der Waals surface area contributed by atoms with Gasteiger partial charge in [0.25, 0.3) is 11.8 Å². The summed E-state index contributed by atoms with van der Waals surface area (Å²) >= 11 is 1.49. The third kappa shape index (κ3) is 5.40. The van der Waals surface area contributed by atoms with E-state index < -0.39 is 0 Å². The van der Waals surface area contributed by atoms with Gasteiger partial charge in [0.2, 0.25) is 0 Å². The van der Waals surface area contributed by atoms with Gasteiger partial charge in [-0.15, -0.1) is 11.3 Å². The first kappa shape index (κ1) is 21.0. The molecule has 1 unspecified atom stereocenters. The molecule has 1 heterocycles. The molecule has 0 aliphatic heterocycles. The van der Waals surface area contributed by atoms with Crippen molar-refractivity contribution in [2.24, 2.45) is 5.92 Å². The summed E-state index contributed by atoms with van der Waals surface area (Å²) in [6, 6.07) is 7.75. The smallest absolute Gasteiger partial charge is 0.280 e. The van der Waals surface area contributed by atoms with Crippen molar-refractivity contribution in [1.29, 1.82) is 5.26 Å². The van der Waals surface area contributed by atoms with Crippen molar-refractivity contribution in [3.8, 4) is 6.07 Å². The molecule has 29 heavy (non-hydrogen) atoms. The molecule has 0 radical (unpaired) electrons. The lowest BCUT2D eigenvalue weighted by atomic mass is 9.89. The molecule has 3 rings (SSSR count). The van der Waals surface area contributed by atoms with Gasteiger partial charge in [0.1, 0.15) is 16.9 Å². The highest BCUT2D eigenvalue weighted by atomic mass is 32.1. The van der Waals surface area contributed by atoms with Gasteiger partial charge in [-0.2, -0.15) is 5.26 Å². The van der Waals surface area contributed by atoms with Crippen LogP contribution < -0.4 is 15.5 Å². The van der Waals surface area contributed by atoms with Gasteiger partial charge < -0.3 is 15.5 Å². The van der Waals surface area contributed by atoms with Crippen LogP contribution in [0.1, 0.15) is 29.3 Å². The van der Waals surface area contributed by atoms with Crippen molar-refractivity contribution in [3.63, 3.8) is 0 Å². The summed E-state index contributed by atoms with van der Waals surface area (Å²) in [6.07, 6.45) is 2.88. The Balaban J connectivity index is 1.54. The molecule has 1 aliphatic carbocycles. The Labute approximate surface area is 173 Å². The van der Waals surface area contributed by atoms with Crippen LogP contribution in [0.4, 0.5) is 15.1 Å². The van der Waals surface area contributed by atoms with Crippen molar-refractivity contribution in [2.75, 3.05) is 30.8 Å². The molecule has 0 saturated carbocycles. The van der Waals surface area contributed by atoms with E-state index in [4.69, 9.17) is 0 Å². The highest BCUT2D eigenvalue weighted by Gasteiger charge is 2.25. The predicted molar refractivity (Wildman–Crippen MR) is 111 cm³/mol. The maximum atomic E-state index is 12.9. The molecule has 2 aromatic rings. The molecule has 0 spiro atoms. The van der Waals surface area contributed by atoms with E-state index in [0.29, 0.717) is 27.1 Å². The molecule has 0 fully saturated rings. The number of likely N-dealkylation sites (N-methyl/N-ethyl adjacent to an activating group) is 1. The van der Waals surface area contributed by atoms with Gasteiger partial charge in [-0.05, 0) is 55.0 Å². The minimum Gasteiger partial charge on any atom is -0.322 e. The third-order valence-electron chi connectivity index (χ3n) is 4.93. The number of rotatable bonds is 6. The fourth-order valence-electron chi connectivity index (χ4n) is 3.48. The third-order valence-corrected chi connectivity index (χ3v) is 6.10. The van der Waals surface area contributed by atoms with E-state index in [9.17, 15) is 19.2 Å². The first-order valence-corrected chi connectivity index (χ1v) is 10.4. The number of fused-ring (bicyclic) bond motifs is 1. The fraction of sp³-hybridized carbons (Fsp3) is 0.381. The topological polar surface area (TPSA) is 86.4 Å². The zero-order valence-corrected chi connectivity index (χ0v) is 17.3. The summed E-state index contributed by atoms with van der Waals surface area (Å²) in [5.41, 5.74) is 2.16. The molecule has 6 nitrogen and oxygen atoms in total. The molecule has 1 aromatic carbocycles. The van der Waals surface area contributed by atoms with Crippen LogP contribution in [0.25, 0.3) is 0 Å². The number of carbonyl (C=O) groups is 2. The SMILES string of the molecule is C[C@@H]1CCc2c(sc(NC(=O)C[NH+](C)CC(=O)Nc3ccc(F)cc3)c2C#N)C1. The zero-order valence-electron chi connectivity index (χ0n) is 16.5. The number of hydrogen-bond donors (Lipinski definition) is 3. The lowest BCUT2D eigenvalue weighted by Gasteiger charge is -2.17. The second-order valence-corrected chi connectivity index (χ2v) is 8.69. The normalized spacial score (nSPS) is 16.4. The summed E-state index contributed by atoms with van der Waals surface area (Å²) in [4.78, 5) is 26.4. The van der Waals surface area contributed by atoms with E-state index in [-0.39, 0.29) is 30.7 Å². The maximum Gasteiger partial charge on any atom is 0.280 e. The Kier molecular flexibility index (Phi) is 6.62. The zero-order chi connectivity index (χ0) is 21.0. The number of nitriles is 1. The number of amides is 2. The van der Waals surface area contributed by atoms with E-state index in [1.54, 1.807) is 7.05 Å². The second-order valence-electron chi connectivity index (χ2n) is 7.58.